The van der Waals surface area contributed by atoms with Crippen LogP contribution in [-0.4, -0.2) is 45.7 Å². The van der Waals surface area contributed by atoms with E-state index in [4.69, 9.17) is 10.1 Å². The molecule has 10 heteroatoms. The molecular formula is C26H25F3N6O. The number of halogens is 3. The maximum absolute atomic E-state index is 13.7. The Morgan fingerprint density at radius 2 is 1.81 bits per heavy atom. The van der Waals surface area contributed by atoms with Gasteiger partial charge in [0.15, 0.2) is 5.82 Å². The fourth-order valence-corrected chi connectivity index (χ4v) is 5.29. The summed E-state index contributed by atoms with van der Waals surface area (Å²) in [6.07, 6.45) is 2.99. The first-order chi connectivity index (χ1) is 17.2. The van der Waals surface area contributed by atoms with E-state index in [2.05, 4.69) is 10.2 Å². The summed E-state index contributed by atoms with van der Waals surface area (Å²) < 4.78 is 42.6. The van der Waals surface area contributed by atoms with Crippen molar-refractivity contribution < 1.29 is 18.0 Å². The van der Waals surface area contributed by atoms with Crippen LogP contribution in [0.2, 0.25) is 0 Å². The molecule has 3 aliphatic rings. The second-order valence-corrected chi connectivity index (χ2v) is 9.65. The van der Waals surface area contributed by atoms with E-state index in [-0.39, 0.29) is 35.9 Å². The van der Waals surface area contributed by atoms with Crippen LogP contribution in [0, 0.1) is 5.82 Å². The van der Waals surface area contributed by atoms with Crippen LogP contribution in [0.25, 0.3) is 0 Å². The summed E-state index contributed by atoms with van der Waals surface area (Å²) in [5.74, 6) is -1.94. The first-order valence-electron chi connectivity index (χ1n) is 12.0. The number of amides is 1. The normalized spacial score (nSPS) is 20.8. The molecular weight excluding hydrogens is 469 g/mol. The largest absolute Gasteiger partial charge is 0.340 e. The van der Waals surface area contributed by atoms with Crippen LogP contribution in [0.15, 0.2) is 53.5 Å². The van der Waals surface area contributed by atoms with E-state index in [9.17, 15) is 18.0 Å². The van der Waals surface area contributed by atoms with Gasteiger partial charge in [-0.25, -0.2) is 22.8 Å². The van der Waals surface area contributed by atoms with Gasteiger partial charge in [0.2, 0.25) is 5.96 Å². The number of carbonyl (C=O) groups excluding carboxylic acids is 1. The zero-order chi connectivity index (χ0) is 25.2. The number of nitrogens with zero attached hydrogens (tertiary/aromatic N) is 5. The second-order valence-electron chi connectivity index (χ2n) is 9.65. The number of aromatic nitrogens is 2. The number of hydrogen-bond acceptors (Lipinski definition) is 5. The molecule has 1 fully saturated rings. The molecule has 1 N–H and O–H groups in total. The third-order valence-electron chi connectivity index (χ3n) is 7.15. The molecule has 7 nitrogen and oxygen atoms in total. The standard InChI is InChI=1S/C26H25F3N6O/c1-26(28,29)16-8-6-15(7-9-16)14-34-22(30-18-12-10-17(27)11-13-18)21-23(32-34)35-20-5-3-4-19(20)31-25(35)33(2)24(21)36/h6-13,19-20,30H,3-5,14H2,1-2H3/t19-,20+/m1/s1. The van der Waals surface area contributed by atoms with Crippen LogP contribution in [-0.2, 0) is 12.5 Å². The molecule has 0 radical (unpaired) electrons. The molecule has 1 aliphatic carbocycles. The van der Waals surface area contributed by atoms with Crippen molar-refractivity contribution in [2.75, 3.05) is 17.3 Å². The minimum Gasteiger partial charge on any atom is -0.340 e. The summed E-state index contributed by atoms with van der Waals surface area (Å²) in [4.78, 5) is 22.0. The van der Waals surface area contributed by atoms with Crippen LogP contribution >= 0.6 is 0 Å². The van der Waals surface area contributed by atoms with Crippen LogP contribution in [0.5, 0.6) is 0 Å². The van der Waals surface area contributed by atoms with Crippen LogP contribution < -0.4 is 10.2 Å². The Bertz CT molecular complexity index is 1360. The molecule has 3 heterocycles. The van der Waals surface area contributed by atoms with E-state index in [0.717, 1.165) is 31.7 Å². The Morgan fingerprint density at radius 3 is 2.50 bits per heavy atom. The number of carbonyl (C=O) groups is 1. The number of guanidine groups is 1. The predicted molar refractivity (Wildman–Crippen MR) is 130 cm³/mol. The van der Waals surface area contributed by atoms with Crippen molar-refractivity contribution in [1.82, 2.24) is 14.7 Å². The molecule has 0 unspecified atom stereocenters. The van der Waals surface area contributed by atoms with Gasteiger partial charge in [0.1, 0.15) is 17.2 Å². The van der Waals surface area contributed by atoms with Crippen molar-refractivity contribution in [2.24, 2.45) is 4.99 Å². The Kier molecular flexibility index (Phi) is 5.10. The summed E-state index contributed by atoms with van der Waals surface area (Å²) >= 11 is 0. The molecule has 1 saturated carbocycles. The van der Waals surface area contributed by atoms with Gasteiger partial charge in [-0.1, -0.05) is 24.3 Å². The molecule has 1 aromatic heterocycles. The zero-order valence-corrected chi connectivity index (χ0v) is 19.9. The first-order valence-corrected chi connectivity index (χ1v) is 12.0. The molecule has 186 valence electrons. The summed E-state index contributed by atoms with van der Waals surface area (Å²) in [5, 5.41) is 8.10. The minimum absolute atomic E-state index is 0.0716. The van der Waals surface area contributed by atoms with Gasteiger partial charge in [-0.05, 0) is 49.1 Å². The number of benzene rings is 2. The highest BCUT2D eigenvalue weighted by Gasteiger charge is 2.49. The minimum atomic E-state index is -2.93. The van der Waals surface area contributed by atoms with Gasteiger partial charge >= 0.3 is 0 Å². The first kappa shape index (κ1) is 22.6. The third kappa shape index (κ3) is 3.63. The SMILES string of the molecule is CN1C(=O)c2c(nn(Cc3ccc(C(C)(F)F)cc3)c2Nc2ccc(F)cc2)N2C1=N[C@@H]1CCC[C@@H]12. The van der Waals surface area contributed by atoms with Crippen molar-refractivity contribution in [3.8, 4) is 0 Å². The highest BCUT2D eigenvalue weighted by atomic mass is 19.3. The zero-order valence-electron chi connectivity index (χ0n) is 19.9. The Labute approximate surface area is 206 Å². The average Bonchev–Trinajstić information content (AvgIpc) is 3.52. The van der Waals surface area contributed by atoms with Crippen molar-refractivity contribution in [3.05, 3.63) is 71.0 Å². The van der Waals surface area contributed by atoms with Crippen molar-refractivity contribution in [3.63, 3.8) is 0 Å². The number of anilines is 3. The van der Waals surface area contributed by atoms with E-state index in [1.165, 1.54) is 24.3 Å². The fraction of sp³-hybridized carbons (Fsp3) is 0.346. The number of hydrogen-bond donors (Lipinski definition) is 1. The van der Waals surface area contributed by atoms with Crippen molar-refractivity contribution in [1.29, 1.82) is 0 Å². The quantitative estimate of drug-likeness (QED) is 0.536. The monoisotopic (exact) mass is 494 g/mol. The maximum atomic E-state index is 13.7. The summed E-state index contributed by atoms with van der Waals surface area (Å²) in [7, 11) is 1.71. The highest BCUT2D eigenvalue weighted by molar-refractivity contribution is 6.21. The Hall–Kier alpha value is -3.82. The van der Waals surface area contributed by atoms with Crippen molar-refractivity contribution in [2.45, 2.75) is 50.7 Å². The lowest BCUT2D eigenvalue weighted by molar-refractivity contribution is 0.0174. The predicted octanol–water partition coefficient (Wildman–Crippen LogP) is 5.11. The maximum Gasteiger partial charge on any atom is 0.270 e. The van der Waals surface area contributed by atoms with Gasteiger partial charge in [-0.3, -0.25) is 14.6 Å². The van der Waals surface area contributed by atoms with E-state index in [1.807, 2.05) is 0 Å². The molecule has 2 aliphatic heterocycles. The number of alkyl halides is 2. The van der Waals surface area contributed by atoms with E-state index < -0.39 is 5.92 Å². The lowest BCUT2D eigenvalue weighted by Crippen LogP contribution is -2.51. The second kappa shape index (κ2) is 8.11. The molecule has 6 rings (SSSR count). The molecule has 3 aromatic rings. The molecule has 0 saturated heterocycles. The molecule has 0 spiro atoms. The molecule has 2 aromatic carbocycles. The lowest BCUT2D eigenvalue weighted by atomic mass is 10.1. The third-order valence-corrected chi connectivity index (χ3v) is 7.15. The number of fused-ring (bicyclic) bond motifs is 5. The van der Waals surface area contributed by atoms with E-state index in [0.29, 0.717) is 28.8 Å². The number of aliphatic imine (C=N–C) groups is 1. The number of rotatable bonds is 5. The molecule has 2 atom stereocenters. The Morgan fingerprint density at radius 1 is 1.08 bits per heavy atom. The highest BCUT2D eigenvalue weighted by Crippen LogP contribution is 2.43. The number of nitrogens with one attached hydrogen (secondary N) is 1. The van der Waals surface area contributed by atoms with Gasteiger partial charge < -0.3 is 5.32 Å². The van der Waals surface area contributed by atoms with Gasteiger partial charge in [-0.15, -0.1) is 0 Å². The summed E-state index contributed by atoms with van der Waals surface area (Å²) in [6, 6.07) is 12.2. The lowest BCUT2D eigenvalue weighted by Gasteiger charge is -2.34. The van der Waals surface area contributed by atoms with Gasteiger partial charge in [0.25, 0.3) is 11.8 Å². The van der Waals surface area contributed by atoms with Crippen molar-refractivity contribution >= 4 is 29.2 Å². The van der Waals surface area contributed by atoms with Crippen LogP contribution in [0.4, 0.5) is 30.5 Å². The molecule has 1 amide bonds. The fourth-order valence-electron chi connectivity index (χ4n) is 5.29. The average molecular weight is 495 g/mol. The molecule has 36 heavy (non-hydrogen) atoms. The van der Waals surface area contributed by atoms with E-state index >= 15 is 0 Å². The van der Waals surface area contributed by atoms with Gasteiger partial charge in [0, 0.05) is 25.2 Å². The van der Waals surface area contributed by atoms with Crippen LogP contribution in [0.1, 0.15) is 47.7 Å². The summed E-state index contributed by atoms with van der Waals surface area (Å²) in [6.45, 7) is 1.11. The molecule has 0 bridgehead atoms. The smallest absolute Gasteiger partial charge is 0.270 e. The topological polar surface area (TPSA) is 65.8 Å². The Balaban J connectivity index is 1.45. The van der Waals surface area contributed by atoms with Crippen LogP contribution in [0.3, 0.4) is 0 Å². The van der Waals surface area contributed by atoms with E-state index in [1.54, 1.807) is 40.9 Å². The summed E-state index contributed by atoms with van der Waals surface area (Å²) in [5.41, 5.74) is 1.68. The van der Waals surface area contributed by atoms with Gasteiger partial charge in [-0.2, -0.15) is 5.10 Å². The van der Waals surface area contributed by atoms with Gasteiger partial charge in [0.05, 0.1) is 18.6 Å².